The van der Waals surface area contributed by atoms with Gasteiger partial charge in [0.15, 0.2) is 0 Å². The molecule has 1 fully saturated rings. The molecule has 0 radical (unpaired) electrons. The van der Waals surface area contributed by atoms with Crippen molar-refractivity contribution >= 4 is 11.9 Å². The van der Waals surface area contributed by atoms with E-state index >= 15 is 0 Å². The Kier molecular flexibility index (Phi) is 6.83. The Bertz CT molecular complexity index is 537. The number of nitrogens with one attached hydrogen (secondary N) is 1. The molecule has 1 aromatic carbocycles. The Morgan fingerprint density at radius 1 is 1.17 bits per heavy atom. The maximum absolute atomic E-state index is 12.9. The maximum atomic E-state index is 12.9. The van der Waals surface area contributed by atoms with E-state index in [0.29, 0.717) is 13.0 Å². The molecule has 0 spiro atoms. The minimum absolute atomic E-state index is 0.151. The molecule has 0 bridgehead atoms. The van der Waals surface area contributed by atoms with Crippen LogP contribution in [0.4, 0.5) is 0 Å². The first-order chi connectivity index (χ1) is 11.6. The fraction of sp³-hybridized carbons (Fsp3) is 0.600. The third-order valence-electron chi connectivity index (χ3n) is 4.99. The molecule has 1 unspecified atom stereocenters. The second-order valence-corrected chi connectivity index (χ2v) is 6.69. The highest BCUT2D eigenvalue weighted by molar-refractivity contribution is 5.87. The normalized spacial score (nSPS) is 17.8. The van der Waals surface area contributed by atoms with E-state index in [1.165, 1.54) is 18.9 Å². The van der Waals surface area contributed by atoms with Crippen molar-refractivity contribution in [1.82, 2.24) is 5.32 Å². The van der Waals surface area contributed by atoms with E-state index in [0.717, 1.165) is 32.1 Å². The van der Waals surface area contributed by atoms with Crippen molar-refractivity contribution in [2.75, 3.05) is 6.61 Å². The van der Waals surface area contributed by atoms with Gasteiger partial charge in [-0.2, -0.15) is 0 Å². The lowest BCUT2D eigenvalue weighted by Crippen LogP contribution is -2.60. The summed E-state index contributed by atoms with van der Waals surface area (Å²) in [6.45, 7) is 3.63. The first-order valence-corrected chi connectivity index (χ1v) is 9.08. The van der Waals surface area contributed by atoms with Gasteiger partial charge in [-0.05, 0) is 44.1 Å². The van der Waals surface area contributed by atoms with Crippen LogP contribution in [-0.2, 0) is 20.7 Å². The van der Waals surface area contributed by atoms with Crippen LogP contribution in [0.25, 0.3) is 0 Å². The lowest BCUT2D eigenvalue weighted by atomic mass is 9.71. The quantitative estimate of drug-likeness (QED) is 0.776. The molecule has 132 valence electrons. The summed E-state index contributed by atoms with van der Waals surface area (Å²) < 4.78 is 5.40. The van der Waals surface area contributed by atoms with Crippen molar-refractivity contribution in [2.24, 2.45) is 5.92 Å². The Morgan fingerprint density at radius 3 is 2.42 bits per heavy atom. The highest BCUT2D eigenvalue weighted by Gasteiger charge is 2.47. The first-order valence-electron chi connectivity index (χ1n) is 9.08. The molecule has 24 heavy (non-hydrogen) atoms. The molecule has 2 rings (SSSR count). The van der Waals surface area contributed by atoms with Gasteiger partial charge in [-0.15, -0.1) is 0 Å². The van der Waals surface area contributed by atoms with E-state index < -0.39 is 5.54 Å². The molecule has 0 aromatic heterocycles. The summed E-state index contributed by atoms with van der Waals surface area (Å²) in [5.41, 5.74) is 0.269. The van der Waals surface area contributed by atoms with Crippen LogP contribution in [0, 0.1) is 5.92 Å². The van der Waals surface area contributed by atoms with E-state index in [1.807, 2.05) is 25.1 Å². The van der Waals surface area contributed by atoms with Crippen molar-refractivity contribution < 1.29 is 14.3 Å². The number of carbonyl (C=O) groups excluding carboxylic acids is 2. The Morgan fingerprint density at radius 2 is 1.83 bits per heavy atom. The molecular formula is C20H29NO3. The Hall–Kier alpha value is -1.84. The zero-order valence-electron chi connectivity index (χ0n) is 14.8. The molecule has 1 amide bonds. The summed E-state index contributed by atoms with van der Waals surface area (Å²) in [6, 6.07) is 10.1. The van der Waals surface area contributed by atoms with Crippen molar-refractivity contribution in [1.29, 1.82) is 0 Å². The zero-order valence-corrected chi connectivity index (χ0v) is 14.8. The number of hydrogen-bond donors (Lipinski definition) is 1. The molecule has 1 N–H and O–H groups in total. The highest BCUT2D eigenvalue weighted by Crippen LogP contribution is 2.36. The van der Waals surface area contributed by atoms with E-state index in [9.17, 15) is 9.59 Å². The van der Waals surface area contributed by atoms with Gasteiger partial charge >= 0.3 is 5.97 Å². The van der Waals surface area contributed by atoms with Gasteiger partial charge < -0.3 is 10.1 Å². The maximum Gasteiger partial charge on any atom is 0.332 e. The topological polar surface area (TPSA) is 55.4 Å². The molecular weight excluding hydrogens is 302 g/mol. The fourth-order valence-electron chi connectivity index (χ4n) is 3.84. The van der Waals surface area contributed by atoms with Crippen molar-refractivity contribution in [3.05, 3.63) is 35.9 Å². The van der Waals surface area contributed by atoms with Gasteiger partial charge in [0.25, 0.3) is 0 Å². The number of aryl methyl sites for hydroxylation is 1. The van der Waals surface area contributed by atoms with Gasteiger partial charge in [-0.3, -0.25) is 4.79 Å². The van der Waals surface area contributed by atoms with Gasteiger partial charge in [0, 0.05) is 6.92 Å². The lowest BCUT2D eigenvalue weighted by molar-refractivity contribution is -0.157. The summed E-state index contributed by atoms with van der Waals surface area (Å²) in [6.07, 6.45) is 6.68. The molecule has 1 saturated carbocycles. The summed E-state index contributed by atoms with van der Waals surface area (Å²) >= 11 is 0. The summed E-state index contributed by atoms with van der Waals surface area (Å²) in [4.78, 5) is 24.8. The van der Waals surface area contributed by atoms with Gasteiger partial charge in [0.05, 0.1) is 6.61 Å². The molecule has 0 heterocycles. The van der Waals surface area contributed by atoms with Crippen LogP contribution in [0.15, 0.2) is 30.3 Å². The smallest absolute Gasteiger partial charge is 0.332 e. The highest BCUT2D eigenvalue weighted by atomic mass is 16.5. The van der Waals surface area contributed by atoms with Crippen LogP contribution in [0.1, 0.15) is 57.9 Å². The molecule has 4 heteroatoms. The lowest BCUT2D eigenvalue weighted by Gasteiger charge is -2.41. The average Bonchev–Trinajstić information content (AvgIpc) is 2.60. The minimum Gasteiger partial charge on any atom is -0.464 e. The average molecular weight is 331 g/mol. The standard InChI is InChI=1S/C20H29NO3/c1-3-24-19(23)20(21-16(2)22,18-12-8-5-9-13-18)15-14-17-10-6-4-7-11-17/h4,6-7,10-11,18H,3,5,8-9,12-15H2,1-2H3,(H,21,22). The fourth-order valence-corrected chi connectivity index (χ4v) is 3.84. The van der Waals surface area contributed by atoms with E-state index in [-0.39, 0.29) is 17.8 Å². The number of benzene rings is 1. The second-order valence-electron chi connectivity index (χ2n) is 6.69. The Labute approximate surface area is 145 Å². The van der Waals surface area contributed by atoms with Crippen LogP contribution in [0.2, 0.25) is 0 Å². The molecule has 1 aliphatic carbocycles. The minimum atomic E-state index is -0.905. The number of rotatable bonds is 7. The van der Waals surface area contributed by atoms with Crippen LogP contribution >= 0.6 is 0 Å². The molecule has 0 aliphatic heterocycles. The van der Waals surface area contributed by atoms with E-state index in [1.54, 1.807) is 0 Å². The van der Waals surface area contributed by atoms with Gasteiger partial charge in [0.1, 0.15) is 5.54 Å². The van der Waals surface area contributed by atoms with Crippen molar-refractivity contribution in [3.63, 3.8) is 0 Å². The molecule has 0 saturated heterocycles. The van der Waals surface area contributed by atoms with Crippen LogP contribution in [0.5, 0.6) is 0 Å². The second kappa shape index (κ2) is 8.86. The van der Waals surface area contributed by atoms with Crippen LogP contribution < -0.4 is 5.32 Å². The number of esters is 1. The predicted octanol–water partition coefficient (Wildman–Crippen LogP) is 3.64. The number of ether oxygens (including phenoxy) is 1. The van der Waals surface area contributed by atoms with Crippen LogP contribution in [0.3, 0.4) is 0 Å². The van der Waals surface area contributed by atoms with E-state index in [4.69, 9.17) is 4.74 Å². The monoisotopic (exact) mass is 331 g/mol. The largest absolute Gasteiger partial charge is 0.464 e. The third kappa shape index (κ3) is 4.59. The number of amides is 1. The molecule has 1 atom stereocenters. The third-order valence-corrected chi connectivity index (χ3v) is 4.99. The predicted molar refractivity (Wildman–Crippen MR) is 94.5 cm³/mol. The molecule has 4 nitrogen and oxygen atoms in total. The van der Waals surface area contributed by atoms with E-state index in [2.05, 4.69) is 17.4 Å². The number of hydrogen-bond acceptors (Lipinski definition) is 3. The van der Waals surface area contributed by atoms with Gasteiger partial charge in [-0.25, -0.2) is 4.79 Å². The SMILES string of the molecule is CCOC(=O)C(CCc1ccccc1)(NC(C)=O)C1CCCCC1. The van der Waals surface area contributed by atoms with Gasteiger partial charge in [0.2, 0.25) is 5.91 Å². The zero-order chi connectivity index (χ0) is 17.4. The summed E-state index contributed by atoms with van der Waals surface area (Å²) in [5, 5.41) is 3.00. The number of carbonyl (C=O) groups is 2. The Balaban J connectivity index is 2.27. The van der Waals surface area contributed by atoms with Crippen molar-refractivity contribution in [3.8, 4) is 0 Å². The summed E-state index contributed by atoms with van der Waals surface area (Å²) in [5.74, 6) is -0.289. The first kappa shape index (κ1) is 18.5. The van der Waals surface area contributed by atoms with Gasteiger partial charge in [-0.1, -0.05) is 49.6 Å². The summed E-state index contributed by atoms with van der Waals surface area (Å²) in [7, 11) is 0. The molecule has 1 aromatic rings. The van der Waals surface area contributed by atoms with Crippen LogP contribution in [-0.4, -0.2) is 24.0 Å². The molecule has 1 aliphatic rings. The van der Waals surface area contributed by atoms with Crippen molar-refractivity contribution in [2.45, 2.75) is 64.3 Å².